The van der Waals surface area contributed by atoms with Gasteiger partial charge in [0, 0.05) is 12.6 Å². The van der Waals surface area contributed by atoms with Gasteiger partial charge < -0.3 is 10.6 Å². The van der Waals surface area contributed by atoms with Crippen molar-refractivity contribution in [3.8, 4) is 0 Å². The van der Waals surface area contributed by atoms with E-state index in [-0.39, 0.29) is 4.70 Å². The lowest BCUT2D eigenvalue weighted by Gasteiger charge is -2.30. The minimum absolute atomic E-state index is 0. The van der Waals surface area contributed by atoms with Gasteiger partial charge in [0.2, 0.25) is 0 Å². The zero-order valence-electron chi connectivity index (χ0n) is 8.58. The number of benzene rings is 1. The summed E-state index contributed by atoms with van der Waals surface area (Å²) in [5, 5.41) is 6.97. The highest BCUT2D eigenvalue weighted by molar-refractivity contribution is 5.71. The van der Waals surface area contributed by atoms with Gasteiger partial charge in [-0.3, -0.25) is 4.70 Å². The van der Waals surface area contributed by atoms with Crippen LogP contribution in [0.1, 0.15) is 13.8 Å². The Morgan fingerprint density at radius 2 is 1.86 bits per heavy atom. The Morgan fingerprint density at radius 1 is 1.21 bits per heavy atom. The lowest BCUT2D eigenvalue weighted by molar-refractivity contribution is 0.536. The fraction of sp³-hybridized carbons (Fsp3) is 0.455. The number of para-hydroxylation sites is 2. The molecule has 1 aromatic rings. The van der Waals surface area contributed by atoms with Crippen LogP contribution in [0.2, 0.25) is 0 Å². The average Bonchev–Trinajstić information content (AvgIpc) is 2.17. The summed E-state index contributed by atoms with van der Waals surface area (Å²) in [5.74, 6) is 0.667. The molecule has 1 aliphatic rings. The molecule has 1 aliphatic heterocycles. The lowest BCUT2D eigenvalue weighted by atomic mass is 10.0. The number of hydrogen-bond donors (Lipinski definition) is 2. The summed E-state index contributed by atoms with van der Waals surface area (Å²) in [4.78, 5) is 0. The third-order valence-corrected chi connectivity index (χ3v) is 2.59. The van der Waals surface area contributed by atoms with Crippen molar-refractivity contribution in [2.75, 3.05) is 17.2 Å². The van der Waals surface area contributed by atoms with Crippen molar-refractivity contribution in [3.63, 3.8) is 0 Å². The quantitative estimate of drug-likeness (QED) is 0.721. The zero-order valence-corrected chi connectivity index (χ0v) is 8.58. The van der Waals surface area contributed by atoms with Crippen LogP contribution in [0.15, 0.2) is 24.3 Å². The van der Waals surface area contributed by atoms with Crippen molar-refractivity contribution in [2.45, 2.75) is 19.9 Å². The Labute approximate surface area is 84.1 Å². The first-order valence-electron chi connectivity index (χ1n) is 4.87. The number of halogens is 1. The maximum Gasteiger partial charge on any atom is 0.0578 e. The van der Waals surface area contributed by atoms with Gasteiger partial charge in [0.1, 0.15) is 0 Å². The van der Waals surface area contributed by atoms with Gasteiger partial charge in [0.15, 0.2) is 0 Å². The Morgan fingerprint density at radius 3 is 2.50 bits per heavy atom. The maximum atomic E-state index is 3.53. The minimum atomic E-state index is 0. The van der Waals surface area contributed by atoms with E-state index in [0.717, 1.165) is 6.54 Å². The summed E-state index contributed by atoms with van der Waals surface area (Å²) in [7, 11) is 0. The third-order valence-electron chi connectivity index (χ3n) is 2.59. The van der Waals surface area contributed by atoms with Gasteiger partial charge in [-0.15, -0.1) is 0 Å². The summed E-state index contributed by atoms with van der Waals surface area (Å²) < 4.78 is 0. The Balaban J connectivity index is 0.000000980. The van der Waals surface area contributed by atoms with E-state index in [0.29, 0.717) is 12.0 Å². The largest absolute Gasteiger partial charge is 0.381 e. The monoisotopic (exact) mass is 196 g/mol. The molecule has 2 N–H and O–H groups in total. The summed E-state index contributed by atoms with van der Waals surface area (Å²) in [6, 6.07) is 8.91. The van der Waals surface area contributed by atoms with Crippen molar-refractivity contribution in [3.05, 3.63) is 24.3 Å². The van der Waals surface area contributed by atoms with E-state index in [1.807, 2.05) is 0 Å². The van der Waals surface area contributed by atoms with E-state index in [2.05, 4.69) is 48.7 Å². The van der Waals surface area contributed by atoms with Crippen molar-refractivity contribution in [2.24, 2.45) is 5.92 Å². The van der Waals surface area contributed by atoms with Crippen molar-refractivity contribution in [1.29, 1.82) is 0 Å². The van der Waals surface area contributed by atoms with Crippen LogP contribution in [0, 0.1) is 5.92 Å². The molecule has 3 heteroatoms. The van der Waals surface area contributed by atoms with Gasteiger partial charge >= 0.3 is 0 Å². The second kappa shape index (κ2) is 4.31. The molecule has 0 aromatic heterocycles. The number of fused-ring (bicyclic) bond motifs is 1. The van der Waals surface area contributed by atoms with Crippen LogP contribution in [0.3, 0.4) is 0 Å². The van der Waals surface area contributed by atoms with Crippen molar-refractivity contribution >= 4 is 11.4 Å². The normalized spacial score (nSPS) is 18.9. The Bertz CT molecular complexity index is 299. The highest BCUT2D eigenvalue weighted by Gasteiger charge is 2.18. The average molecular weight is 196 g/mol. The maximum absolute atomic E-state index is 3.53. The molecule has 2 rings (SSSR count). The van der Waals surface area contributed by atoms with Crippen LogP contribution in [-0.2, 0) is 0 Å². The molecule has 1 atom stereocenters. The summed E-state index contributed by atoms with van der Waals surface area (Å²) >= 11 is 0. The third kappa shape index (κ3) is 1.97. The molecule has 1 unspecified atom stereocenters. The lowest BCUT2D eigenvalue weighted by Crippen LogP contribution is -2.36. The molecule has 0 saturated carbocycles. The molecule has 0 bridgehead atoms. The number of rotatable bonds is 1. The van der Waals surface area contributed by atoms with E-state index in [4.69, 9.17) is 0 Å². The minimum Gasteiger partial charge on any atom is -0.381 e. The molecule has 2 nitrogen and oxygen atoms in total. The highest BCUT2D eigenvalue weighted by Crippen LogP contribution is 2.26. The summed E-state index contributed by atoms with van der Waals surface area (Å²) in [6.45, 7) is 5.51. The molecule has 0 saturated heterocycles. The van der Waals surface area contributed by atoms with Crippen LogP contribution >= 0.6 is 0 Å². The SMILES string of the molecule is CC(C)C1CNc2ccccc2N1.F. The second-order valence-corrected chi connectivity index (χ2v) is 3.92. The molecule has 1 heterocycles. The van der Waals surface area contributed by atoms with Gasteiger partial charge in [-0.05, 0) is 18.1 Å². The molecule has 0 aliphatic carbocycles. The molecule has 14 heavy (non-hydrogen) atoms. The van der Waals surface area contributed by atoms with Crippen LogP contribution in [0.4, 0.5) is 16.1 Å². The van der Waals surface area contributed by atoms with E-state index < -0.39 is 0 Å². The van der Waals surface area contributed by atoms with Crippen LogP contribution < -0.4 is 10.6 Å². The second-order valence-electron chi connectivity index (χ2n) is 3.92. The number of hydrogen-bond acceptors (Lipinski definition) is 2. The van der Waals surface area contributed by atoms with Gasteiger partial charge in [0.05, 0.1) is 11.4 Å². The first kappa shape index (κ1) is 10.8. The standard InChI is InChI=1S/C11H16N2.FH/c1-8(2)11-7-12-9-5-3-4-6-10(9)13-11;/h3-6,8,11-13H,7H2,1-2H3;1H. The smallest absolute Gasteiger partial charge is 0.0578 e. The predicted octanol–water partition coefficient (Wildman–Crippen LogP) is 2.70. The fourth-order valence-corrected chi connectivity index (χ4v) is 1.64. The van der Waals surface area contributed by atoms with E-state index in [1.165, 1.54) is 11.4 Å². The van der Waals surface area contributed by atoms with Crippen LogP contribution in [-0.4, -0.2) is 12.6 Å². The first-order valence-corrected chi connectivity index (χ1v) is 4.87. The van der Waals surface area contributed by atoms with Crippen molar-refractivity contribution in [1.82, 2.24) is 0 Å². The van der Waals surface area contributed by atoms with Crippen LogP contribution in [0.5, 0.6) is 0 Å². The van der Waals surface area contributed by atoms with Crippen molar-refractivity contribution < 1.29 is 4.70 Å². The molecule has 1 aromatic carbocycles. The predicted molar refractivity (Wildman–Crippen MR) is 59.7 cm³/mol. The molecular weight excluding hydrogens is 179 g/mol. The molecule has 0 fully saturated rings. The summed E-state index contributed by atoms with van der Waals surface area (Å²) in [5.41, 5.74) is 2.45. The van der Waals surface area contributed by atoms with E-state index >= 15 is 0 Å². The number of nitrogens with one attached hydrogen (secondary N) is 2. The highest BCUT2D eigenvalue weighted by atomic mass is 19.0. The first-order chi connectivity index (χ1) is 6.27. The van der Waals surface area contributed by atoms with Crippen LogP contribution in [0.25, 0.3) is 0 Å². The summed E-state index contributed by atoms with van der Waals surface area (Å²) in [6.07, 6.45) is 0. The van der Waals surface area contributed by atoms with Gasteiger partial charge in [-0.2, -0.15) is 0 Å². The van der Waals surface area contributed by atoms with Gasteiger partial charge in [-0.25, -0.2) is 0 Å². The molecule has 0 amide bonds. The molecule has 0 radical (unpaired) electrons. The molecular formula is C11H17FN2. The zero-order chi connectivity index (χ0) is 9.26. The van der Waals surface area contributed by atoms with Gasteiger partial charge in [-0.1, -0.05) is 26.0 Å². The Hall–Kier alpha value is -1.25. The molecule has 0 spiro atoms. The number of anilines is 2. The van der Waals surface area contributed by atoms with E-state index in [9.17, 15) is 0 Å². The fourth-order valence-electron chi connectivity index (χ4n) is 1.64. The van der Waals surface area contributed by atoms with Gasteiger partial charge in [0.25, 0.3) is 0 Å². The van der Waals surface area contributed by atoms with E-state index in [1.54, 1.807) is 0 Å². The topological polar surface area (TPSA) is 24.1 Å². The Kier molecular flexibility index (Phi) is 3.33. The molecule has 78 valence electrons.